The third-order valence-electron chi connectivity index (χ3n) is 13.9. The van der Waals surface area contributed by atoms with E-state index in [1.165, 1.54) is 71.6 Å². The molecule has 12 rings (SSSR count). The zero-order chi connectivity index (χ0) is 44.9. The minimum Gasteiger partial charge on any atom is -0.310 e. The van der Waals surface area contributed by atoms with E-state index in [0.717, 1.165) is 39.7 Å². The molecular weight excluding hydrogens is 809 g/mol. The average Bonchev–Trinajstić information content (AvgIpc) is 3.62. The maximum Gasteiger partial charge on any atom is 0.0540 e. The van der Waals surface area contributed by atoms with Gasteiger partial charge in [-0.15, -0.1) is 0 Å². The molecule has 0 N–H and O–H groups in total. The number of anilines is 6. The Morgan fingerprint density at radius 1 is 0.269 bits per heavy atom. The summed E-state index contributed by atoms with van der Waals surface area (Å²) in [6.07, 6.45) is 0. The van der Waals surface area contributed by atoms with Gasteiger partial charge in [-0.1, -0.05) is 208 Å². The maximum absolute atomic E-state index is 2.49. The number of hydrogen-bond donors (Lipinski definition) is 0. The van der Waals surface area contributed by atoms with Gasteiger partial charge >= 0.3 is 0 Å². The number of nitrogens with zero attached hydrogens (tertiary/aromatic N) is 2. The van der Waals surface area contributed by atoms with Crippen LogP contribution < -0.4 is 9.80 Å². The molecule has 0 saturated heterocycles. The number of rotatable bonds is 9. The zero-order valence-corrected chi connectivity index (χ0v) is 37.6. The van der Waals surface area contributed by atoms with E-state index in [0.29, 0.717) is 0 Å². The fourth-order valence-corrected chi connectivity index (χ4v) is 10.5. The second-order valence-electron chi connectivity index (χ2n) is 18.1. The highest BCUT2D eigenvalue weighted by molar-refractivity contribution is 6.08. The molecule has 0 heterocycles. The summed E-state index contributed by atoms with van der Waals surface area (Å²) in [5.74, 6) is 0. The zero-order valence-electron chi connectivity index (χ0n) is 37.6. The molecule has 2 heteroatoms. The lowest BCUT2D eigenvalue weighted by atomic mass is 9.82. The van der Waals surface area contributed by atoms with Gasteiger partial charge in [0.05, 0.1) is 11.4 Å². The smallest absolute Gasteiger partial charge is 0.0540 e. The molecule has 318 valence electrons. The summed E-state index contributed by atoms with van der Waals surface area (Å²) < 4.78 is 0. The van der Waals surface area contributed by atoms with Crippen molar-refractivity contribution in [3.8, 4) is 44.5 Å². The van der Waals surface area contributed by atoms with Crippen LogP contribution in [0.4, 0.5) is 34.1 Å². The highest BCUT2D eigenvalue weighted by atomic mass is 15.1. The molecule has 11 aromatic carbocycles. The second-order valence-corrected chi connectivity index (χ2v) is 18.1. The van der Waals surface area contributed by atoms with Crippen LogP contribution in [0.2, 0.25) is 0 Å². The van der Waals surface area contributed by atoms with Crippen molar-refractivity contribution in [1.82, 2.24) is 0 Å². The summed E-state index contributed by atoms with van der Waals surface area (Å²) in [5.41, 5.74) is 19.1. The summed E-state index contributed by atoms with van der Waals surface area (Å²) in [7, 11) is 0. The van der Waals surface area contributed by atoms with Crippen molar-refractivity contribution in [3.63, 3.8) is 0 Å². The normalized spacial score (nSPS) is 12.4. The molecule has 1 aliphatic carbocycles. The van der Waals surface area contributed by atoms with Crippen molar-refractivity contribution in [1.29, 1.82) is 0 Å². The molecule has 0 unspecified atom stereocenters. The van der Waals surface area contributed by atoms with Crippen molar-refractivity contribution in [2.24, 2.45) is 0 Å². The van der Waals surface area contributed by atoms with Gasteiger partial charge in [-0.2, -0.15) is 0 Å². The van der Waals surface area contributed by atoms with Crippen molar-refractivity contribution < 1.29 is 0 Å². The Morgan fingerprint density at radius 3 is 1.51 bits per heavy atom. The van der Waals surface area contributed by atoms with Gasteiger partial charge in [-0.05, 0) is 127 Å². The molecule has 0 radical (unpaired) electrons. The Hall–Kier alpha value is -8.46. The highest BCUT2D eigenvalue weighted by Crippen LogP contribution is 2.52. The van der Waals surface area contributed by atoms with Crippen molar-refractivity contribution in [3.05, 3.63) is 266 Å². The minimum atomic E-state index is -0.129. The standard InChI is InChI=1S/C65H48N2/c1-65(2)61-30-12-11-26-58(61)59-42-41-54(44-62(59)65)67(63-31-14-22-48-21-9-10-25-56(48)63)64-32-16-28-57-55(27-15-29-60(57)64)49-35-39-52(40-36-49)66(51-37-33-47(34-38-51)45-17-5-3-6-18-45)53-24-13-23-50(43-53)46-19-7-4-8-20-46/h3-44H,1-2H3. The Morgan fingerprint density at radius 2 is 0.746 bits per heavy atom. The van der Waals surface area contributed by atoms with Crippen LogP contribution in [-0.4, -0.2) is 0 Å². The first-order valence-electron chi connectivity index (χ1n) is 23.3. The van der Waals surface area contributed by atoms with Crippen LogP contribution in [0.25, 0.3) is 66.1 Å². The molecule has 0 aromatic heterocycles. The summed E-state index contributed by atoms with van der Waals surface area (Å²) in [6.45, 7) is 4.73. The lowest BCUT2D eigenvalue weighted by Gasteiger charge is -2.30. The first-order chi connectivity index (χ1) is 33.0. The second kappa shape index (κ2) is 16.5. The third kappa shape index (κ3) is 7.06. The topological polar surface area (TPSA) is 6.48 Å². The summed E-state index contributed by atoms with van der Waals surface area (Å²) >= 11 is 0. The van der Waals surface area contributed by atoms with Gasteiger partial charge in [0.25, 0.3) is 0 Å². The lowest BCUT2D eigenvalue weighted by molar-refractivity contribution is 0.660. The molecular formula is C65H48N2. The largest absolute Gasteiger partial charge is 0.310 e. The van der Waals surface area contributed by atoms with E-state index >= 15 is 0 Å². The van der Waals surface area contributed by atoms with E-state index in [1.807, 2.05) is 0 Å². The predicted molar refractivity (Wildman–Crippen MR) is 285 cm³/mol. The fourth-order valence-electron chi connectivity index (χ4n) is 10.5. The van der Waals surface area contributed by atoms with Crippen LogP contribution in [0.1, 0.15) is 25.0 Å². The van der Waals surface area contributed by atoms with Crippen LogP contribution in [0.3, 0.4) is 0 Å². The van der Waals surface area contributed by atoms with Crippen molar-refractivity contribution in [2.75, 3.05) is 9.80 Å². The van der Waals surface area contributed by atoms with Gasteiger partial charge in [-0.25, -0.2) is 0 Å². The monoisotopic (exact) mass is 856 g/mol. The van der Waals surface area contributed by atoms with Crippen molar-refractivity contribution in [2.45, 2.75) is 19.3 Å². The number of benzene rings is 11. The van der Waals surface area contributed by atoms with E-state index in [9.17, 15) is 0 Å². The Labute approximate surface area is 393 Å². The SMILES string of the molecule is CC1(C)c2ccccc2-c2ccc(N(c3cccc4ccccc34)c3cccc4c(-c5ccc(N(c6ccc(-c7ccccc7)cc6)c6cccc(-c7ccccc7)c6)cc5)cccc34)cc21. The van der Waals surface area contributed by atoms with Gasteiger partial charge < -0.3 is 9.80 Å². The molecule has 11 aromatic rings. The van der Waals surface area contributed by atoms with Crippen LogP contribution in [0.15, 0.2) is 255 Å². The molecule has 2 nitrogen and oxygen atoms in total. The van der Waals surface area contributed by atoms with E-state index in [2.05, 4.69) is 278 Å². The Balaban J connectivity index is 0.971. The van der Waals surface area contributed by atoms with Crippen LogP contribution in [-0.2, 0) is 5.41 Å². The molecule has 67 heavy (non-hydrogen) atoms. The maximum atomic E-state index is 2.49. The fraction of sp³-hybridized carbons (Fsp3) is 0.0462. The summed E-state index contributed by atoms with van der Waals surface area (Å²) in [5, 5.41) is 4.83. The summed E-state index contributed by atoms with van der Waals surface area (Å²) in [4.78, 5) is 4.85. The molecule has 0 amide bonds. The van der Waals surface area contributed by atoms with Gasteiger partial charge in [0.1, 0.15) is 0 Å². The first-order valence-corrected chi connectivity index (χ1v) is 23.3. The molecule has 0 saturated carbocycles. The van der Waals surface area contributed by atoms with Crippen molar-refractivity contribution >= 4 is 55.7 Å². The van der Waals surface area contributed by atoms with Gasteiger partial charge in [0.15, 0.2) is 0 Å². The Bertz CT molecular complexity index is 3590. The van der Waals surface area contributed by atoms with Gasteiger partial charge in [0.2, 0.25) is 0 Å². The molecule has 0 fully saturated rings. The first kappa shape index (κ1) is 40.1. The van der Waals surface area contributed by atoms with Crippen LogP contribution in [0.5, 0.6) is 0 Å². The Kier molecular flexibility index (Phi) is 9.88. The van der Waals surface area contributed by atoms with E-state index in [-0.39, 0.29) is 5.41 Å². The molecule has 0 bridgehead atoms. The number of fused-ring (bicyclic) bond motifs is 5. The minimum absolute atomic E-state index is 0.129. The number of hydrogen-bond acceptors (Lipinski definition) is 2. The quantitative estimate of drug-likeness (QED) is 0.143. The summed E-state index contributed by atoms with van der Waals surface area (Å²) in [6, 6.07) is 93.1. The molecule has 0 aliphatic heterocycles. The average molecular weight is 857 g/mol. The molecule has 0 spiro atoms. The van der Waals surface area contributed by atoms with E-state index in [4.69, 9.17) is 0 Å². The lowest BCUT2D eigenvalue weighted by Crippen LogP contribution is -2.16. The van der Waals surface area contributed by atoms with Gasteiger partial charge in [0, 0.05) is 38.9 Å². The van der Waals surface area contributed by atoms with E-state index < -0.39 is 0 Å². The molecule has 1 aliphatic rings. The van der Waals surface area contributed by atoms with Crippen LogP contribution in [0, 0.1) is 0 Å². The third-order valence-corrected chi connectivity index (χ3v) is 13.9. The van der Waals surface area contributed by atoms with Gasteiger partial charge in [-0.3, -0.25) is 0 Å². The van der Waals surface area contributed by atoms with Crippen LogP contribution >= 0.6 is 0 Å². The predicted octanol–water partition coefficient (Wildman–Crippen LogP) is 18.2. The molecule has 0 atom stereocenters. The van der Waals surface area contributed by atoms with E-state index in [1.54, 1.807) is 0 Å². The highest BCUT2D eigenvalue weighted by Gasteiger charge is 2.36.